The maximum atomic E-state index is 12.4. The summed E-state index contributed by atoms with van der Waals surface area (Å²) >= 11 is 0. The van der Waals surface area contributed by atoms with Gasteiger partial charge in [0, 0.05) is 19.2 Å². The highest BCUT2D eigenvalue weighted by molar-refractivity contribution is 7.89. The summed E-state index contributed by atoms with van der Waals surface area (Å²) in [5.41, 5.74) is 5.58. The maximum Gasteiger partial charge on any atom is 0.243 e. The molecule has 2 rings (SSSR count). The summed E-state index contributed by atoms with van der Waals surface area (Å²) in [5, 5.41) is 0. The van der Waals surface area contributed by atoms with Crippen LogP contribution in [-0.2, 0) is 10.0 Å². The van der Waals surface area contributed by atoms with Crippen LogP contribution in [0, 0.1) is 5.92 Å². The first-order chi connectivity index (χ1) is 8.57. The number of nitrogens with two attached hydrogens (primary N) is 1. The lowest BCUT2D eigenvalue weighted by Crippen LogP contribution is -2.30. The lowest BCUT2D eigenvalue weighted by molar-refractivity contribution is 0.412. The van der Waals surface area contributed by atoms with Crippen LogP contribution < -0.4 is 10.5 Å². The summed E-state index contributed by atoms with van der Waals surface area (Å²) in [6.07, 6.45) is 0.833. The molecule has 100 valence electrons. The molecule has 1 aromatic rings. The molecule has 1 unspecified atom stereocenters. The van der Waals surface area contributed by atoms with Crippen molar-refractivity contribution in [3.8, 4) is 5.75 Å². The molecular weight excluding hydrogens is 252 g/mol. The number of benzene rings is 1. The van der Waals surface area contributed by atoms with E-state index in [4.69, 9.17) is 10.5 Å². The first-order valence-corrected chi connectivity index (χ1v) is 7.36. The van der Waals surface area contributed by atoms with Gasteiger partial charge in [0.05, 0.1) is 12.0 Å². The highest BCUT2D eigenvalue weighted by Crippen LogP contribution is 2.25. The zero-order chi connectivity index (χ0) is 13.2. The van der Waals surface area contributed by atoms with Crippen LogP contribution in [0.5, 0.6) is 5.75 Å². The first kappa shape index (κ1) is 13.3. The summed E-state index contributed by atoms with van der Waals surface area (Å²) in [4.78, 5) is 0.277. The molecule has 1 heterocycles. The fourth-order valence-electron chi connectivity index (χ4n) is 2.12. The molecule has 18 heavy (non-hydrogen) atoms. The Morgan fingerprint density at radius 3 is 2.89 bits per heavy atom. The van der Waals surface area contributed by atoms with Crippen LogP contribution >= 0.6 is 0 Å². The Kier molecular flexibility index (Phi) is 3.89. The average molecular weight is 270 g/mol. The minimum absolute atomic E-state index is 0.269. The molecular formula is C12H18N2O3S. The molecule has 1 atom stereocenters. The van der Waals surface area contributed by atoms with E-state index in [0.29, 0.717) is 25.4 Å². The molecule has 1 saturated heterocycles. The van der Waals surface area contributed by atoms with Crippen molar-refractivity contribution in [1.82, 2.24) is 4.31 Å². The third kappa shape index (κ3) is 2.50. The normalized spacial score (nSPS) is 21.1. The number of sulfonamides is 1. The summed E-state index contributed by atoms with van der Waals surface area (Å²) in [6, 6.07) is 6.55. The lowest BCUT2D eigenvalue weighted by Gasteiger charge is -2.16. The van der Waals surface area contributed by atoms with E-state index in [1.54, 1.807) is 24.3 Å². The van der Waals surface area contributed by atoms with E-state index < -0.39 is 10.0 Å². The Balaban J connectivity index is 2.25. The van der Waals surface area contributed by atoms with Gasteiger partial charge in [-0.05, 0) is 31.0 Å². The number of methoxy groups -OCH3 is 1. The van der Waals surface area contributed by atoms with Crippen LogP contribution in [0.2, 0.25) is 0 Å². The van der Waals surface area contributed by atoms with Gasteiger partial charge in [-0.25, -0.2) is 8.42 Å². The zero-order valence-corrected chi connectivity index (χ0v) is 11.2. The maximum absolute atomic E-state index is 12.4. The third-order valence-corrected chi connectivity index (χ3v) is 5.12. The summed E-state index contributed by atoms with van der Waals surface area (Å²) < 4.78 is 31.3. The highest BCUT2D eigenvalue weighted by atomic mass is 32.2. The molecule has 0 bridgehead atoms. The van der Waals surface area contributed by atoms with Crippen LogP contribution in [-0.4, -0.2) is 39.5 Å². The molecule has 0 amide bonds. The molecule has 0 spiro atoms. The molecule has 0 aromatic heterocycles. The lowest BCUT2D eigenvalue weighted by atomic mass is 10.1. The van der Waals surface area contributed by atoms with E-state index >= 15 is 0 Å². The van der Waals surface area contributed by atoms with E-state index in [0.717, 1.165) is 6.42 Å². The minimum Gasteiger partial charge on any atom is -0.497 e. The van der Waals surface area contributed by atoms with Gasteiger partial charge in [0.15, 0.2) is 0 Å². The number of ether oxygens (including phenoxy) is 1. The van der Waals surface area contributed by atoms with Crippen LogP contribution in [0.15, 0.2) is 29.2 Å². The second-order valence-electron chi connectivity index (χ2n) is 4.43. The fraction of sp³-hybridized carbons (Fsp3) is 0.500. The Hall–Kier alpha value is -1.11. The Morgan fingerprint density at radius 1 is 1.50 bits per heavy atom. The standard InChI is InChI=1S/C12H18N2O3S/c1-17-11-3-2-4-12(7-11)18(15,16)14-6-5-10(8-13)9-14/h2-4,7,10H,5-6,8-9,13H2,1H3. The molecule has 6 heteroatoms. The van der Waals surface area contributed by atoms with Crippen molar-refractivity contribution in [3.05, 3.63) is 24.3 Å². The van der Waals surface area contributed by atoms with Crippen LogP contribution in [0.3, 0.4) is 0 Å². The SMILES string of the molecule is COc1cccc(S(=O)(=O)N2CCC(CN)C2)c1. The van der Waals surface area contributed by atoms with E-state index in [2.05, 4.69) is 0 Å². The predicted molar refractivity (Wildman–Crippen MR) is 68.9 cm³/mol. The Labute approximate surface area is 108 Å². The van der Waals surface area contributed by atoms with Gasteiger partial charge in [-0.1, -0.05) is 6.07 Å². The van der Waals surface area contributed by atoms with Gasteiger partial charge in [0.2, 0.25) is 10.0 Å². The predicted octanol–water partition coefficient (Wildman–Crippen LogP) is 0.664. The summed E-state index contributed by atoms with van der Waals surface area (Å²) in [6.45, 7) is 1.58. The molecule has 2 N–H and O–H groups in total. The van der Waals surface area contributed by atoms with E-state index in [1.165, 1.54) is 11.4 Å². The van der Waals surface area contributed by atoms with Gasteiger partial charge < -0.3 is 10.5 Å². The third-order valence-electron chi connectivity index (χ3n) is 3.26. The number of hydrogen-bond acceptors (Lipinski definition) is 4. The van der Waals surface area contributed by atoms with Crippen molar-refractivity contribution in [2.75, 3.05) is 26.7 Å². The van der Waals surface area contributed by atoms with Gasteiger partial charge in [0.25, 0.3) is 0 Å². The molecule has 5 nitrogen and oxygen atoms in total. The first-order valence-electron chi connectivity index (χ1n) is 5.92. The molecule has 1 aliphatic rings. The fourth-order valence-corrected chi connectivity index (χ4v) is 3.69. The molecule has 1 aromatic carbocycles. The Bertz CT molecular complexity index is 516. The van der Waals surface area contributed by atoms with E-state index in [9.17, 15) is 8.42 Å². The number of hydrogen-bond donors (Lipinski definition) is 1. The molecule has 0 radical (unpaired) electrons. The van der Waals surface area contributed by atoms with Crippen LogP contribution in [0.1, 0.15) is 6.42 Å². The van der Waals surface area contributed by atoms with Crippen molar-refractivity contribution in [2.24, 2.45) is 11.7 Å². The van der Waals surface area contributed by atoms with Crippen molar-refractivity contribution in [3.63, 3.8) is 0 Å². The second kappa shape index (κ2) is 5.26. The van der Waals surface area contributed by atoms with Gasteiger partial charge >= 0.3 is 0 Å². The van der Waals surface area contributed by atoms with Gasteiger partial charge in [-0.2, -0.15) is 4.31 Å². The average Bonchev–Trinajstić information content (AvgIpc) is 2.88. The van der Waals surface area contributed by atoms with Crippen molar-refractivity contribution in [2.45, 2.75) is 11.3 Å². The van der Waals surface area contributed by atoms with Crippen molar-refractivity contribution >= 4 is 10.0 Å². The molecule has 1 aliphatic heterocycles. The van der Waals surface area contributed by atoms with E-state index in [1.807, 2.05) is 0 Å². The van der Waals surface area contributed by atoms with Crippen LogP contribution in [0.4, 0.5) is 0 Å². The van der Waals surface area contributed by atoms with Crippen LogP contribution in [0.25, 0.3) is 0 Å². The number of nitrogens with zero attached hydrogens (tertiary/aromatic N) is 1. The topological polar surface area (TPSA) is 72.6 Å². The second-order valence-corrected chi connectivity index (χ2v) is 6.37. The van der Waals surface area contributed by atoms with Gasteiger partial charge in [-0.15, -0.1) is 0 Å². The quantitative estimate of drug-likeness (QED) is 0.872. The van der Waals surface area contributed by atoms with Crippen molar-refractivity contribution in [1.29, 1.82) is 0 Å². The minimum atomic E-state index is -3.42. The Morgan fingerprint density at radius 2 is 2.28 bits per heavy atom. The van der Waals surface area contributed by atoms with Gasteiger partial charge in [0.1, 0.15) is 5.75 Å². The zero-order valence-electron chi connectivity index (χ0n) is 10.4. The smallest absolute Gasteiger partial charge is 0.243 e. The molecule has 1 fully saturated rings. The summed E-state index contributed by atoms with van der Waals surface area (Å²) in [7, 11) is -1.90. The van der Waals surface area contributed by atoms with E-state index in [-0.39, 0.29) is 10.8 Å². The monoisotopic (exact) mass is 270 g/mol. The number of rotatable bonds is 4. The molecule has 0 aliphatic carbocycles. The highest BCUT2D eigenvalue weighted by Gasteiger charge is 2.31. The van der Waals surface area contributed by atoms with Crippen molar-refractivity contribution < 1.29 is 13.2 Å². The van der Waals surface area contributed by atoms with Gasteiger partial charge in [-0.3, -0.25) is 0 Å². The summed E-state index contributed by atoms with van der Waals surface area (Å²) in [5.74, 6) is 0.816. The molecule has 0 saturated carbocycles. The largest absolute Gasteiger partial charge is 0.497 e.